The summed E-state index contributed by atoms with van der Waals surface area (Å²) >= 11 is 0. The molecule has 8 nitrogen and oxygen atoms in total. The third-order valence-electron chi connectivity index (χ3n) is 4.87. The molecule has 178 valence electrons. The second kappa shape index (κ2) is 11.4. The van der Waals surface area contributed by atoms with Crippen molar-refractivity contribution in [2.75, 3.05) is 6.61 Å². The summed E-state index contributed by atoms with van der Waals surface area (Å²) in [7, 11) is -4.03. The Morgan fingerprint density at radius 3 is 2.00 bits per heavy atom. The third kappa shape index (κ3) is 6.43. The first-order valence-corrected chi connectivity index (χ1v) is 11.9. The highest BCUT2D eigenvalue weighted by atomic mass is 32.2. The van der Waals surface area contributed by atoms with Crippen LogP contribution in [-0.2, 0) is 35.8 Å². The fourth-order valence-corrected chi connectivity index (χ4v) is 4.13. The van der Waals surface area contributed by atoms with Gasteiger partial charge in [-0.15, -0.1) is 0 Å². The number of hydrogen-bond acceptors (Lipinski definition) is 8. The van der Waals surface area contributed by atoms with Gasteiger partial charge in [0, 0.05) is 0 Å². The molecule has 0 spiro atoms. The summed E-state index contributed by atoms with van der Waals surface area (Å²) in [6.45, 7) is 1.74. The lowest BCUT2D eigenvalue weighted by Crippen LogP contribution is -2.42. The van der Waals surface area contributed by atoms with Crippen LogP contribution in [0.25, 0.3) is 0 Å². The van der Waals surface area contributed by atoms with Gasteiger partial charge in [-0.3, -0.25) is 9.59 Å². The third-order valence-corrected chi connectivity index (χ3v) is 6.13. The van der Waals surface area contributed by atoms with E-state index in [-0.39, 0.29) is 23.9 Å². The molecule has 0 aliphatic rings. The number of carbonyl (C=O) groups is 2. The van der Waals surface area contributed by atoms with Crippen LogP contribution in [0, 0.1) is 0 Å². The summed E-state index contributed by atoms with van der Waals surface area (Å²) in [4.78, 5) is 25.2. The van der Waals surface area contributed by atoms with Crippen LogP contribution in [0.4, 0.5) is 0 Å². The Labute approximate surface area is 198 Å². The van der Waals surface area contributed by atoms with Crippen molar-refractivity contribution in [2.45, 2.75) is 30.4 Å². The first kappa shape index (κ1) is 24.9. The van der Waals surface area contributed by atoms with Crippen molar-refractivity contribution in [3.63, 3.8) is 0 Å². The maximum atomic E-state index is 12.6. The van der Waals surface area contributed by atoms with Crippen LogP contribution in [0.5, 0.6) is 5.75 Å². The maximum absolute atomic E-state index is 12.6. The van der Waals surface area contributed by atoms with Gasteiger partial charge in [-0.25, -0.2) is 0 Å². The van der Waals surface area contributed by atoms with Crippen LogP contribution in [0.1, 0.15) is 24.0 Å². The molecule has 3 aromatic rings. The van der Waals surface area contributed by atoms with Crippen molar-refractivity contribution in [3.05, 3.63) is 96.1 Å². The summed E-state index contributed by atoms with van der Waals surface area (Å²) in [5.41, 5.74) is 7.23. The van der Waals surface area contributed by atoms with Gasteiger partial charge in [-0.1, -0.05) is 60.7 Å². The zero-order valence-electron chi connectivity index (χ0n) is 18.5. The van der Waals surface area contributed by atoms with E-state index in [9.17, 15) is 18.0 Å². The number of rotatable bonds is 10. The second-order valence-corrected chi connectivity index (χ2v) is 8.81. The quantitative estimate of drug-likeness (QED) is 0.345. The van der Waals surface area contributed by atoms with Crippen LogP contribution in [0.3, 0.4) is 0 Å². The van der Waals surface area contributed by atoms with Gasteiger partial charge in [-0.05, 0) is 42.3 Å². The number of nitrogens with two attached hydrogens (primary N) is 1. The number of ether oxygens (including phenoxy) is 2. The molecule has 0 aliphatic carbocycles. The molecular formula is C25H25NO7S. The molecule has 0 bridgehead atoms. The molecule has 0 saturated carbocycles. The summed E-state index contributed by atoms with van der Waals surface area (Å²) < 4.78 is 40.4. The van der Waals surface area contributed by atoms with Gasteiger partial charge in [-0.2, -0.15) is 8.42 Å². The van der Waals surface area contributed by atoms with E-state index in [0.717, 1.165) is 5.56 Å². The van der Waals surface area contributed by atoms with E-state index < -0.39 is 34.0 Å². The molecular weight excluding hydrogens is 458 g/mol. The summed E-state index contributed by atoms with van der Waals surface area (Å²) in [5.74, 6) is -2.58. The van der Waals surface area contributed by atoms with Crippen molar-refractivity contribution in [1.82, 2.24) is 0 Å². The highest BCUT2D eigenvalue weighted by Crippen LogP contribution is 2.26. The van der Waals surface area contributed by atoms with Crippen molar-refractivity contribution >= 4 is 22.1 Å². The van der Waals surface area contributed by atoms with Gasteiger partial charge in [0.15, 0.2) is 0 Å². The zero-order chi connectivity index (χ0) is 24.6. The second-order valence-electron chi connectivity index (χ2n) is 7.27. The van der Waals surface area contributed by atoms with Crippen LogP contribution in [0.2, 0.25) is 0 Å². The Morgan fingerprint density at radius 2 is 1.41 bits per heavy atom. The van der Waals surface area contributed by atoms with Gasteiger partial charge in [0.05, 0.1) is 6.61 Å². The van der Waals surface area contributed by atoms with Gasteiger partial charge >= 0.3 is 22.1 Å². The summed E-state index contributed by atoms with van der Waals surface area (Å²) in [6, 6.07) is 21.1. The lowest BCUT2D eigenvalue weighted by Gasteiger charge is -2.21. The van der Waals surface area contributed by atoms with Gasteiger partial charge in [0.2, 0.25) is 0 Å². The van der Waals surface area contributed by atoms with E-state index in [4.69, 9.17) is 19.4 Å². The van der Waals surface area contributed by atoms with E-state index in [0.29, 0.717) is 5.56 Å². The fourth-order valence-electron chi connectivity index (χ4n) is 3.18. The van der Waals surface area contributed by atoms with Gasteiger partial charge in [0.1, 0.15) is 29.2 Å². The Kier molecular flexibility index (Phi) is 8.39. The molecule has 0 heterocycles. The highest BCUT2D eigenvalue weighted by molar-refractivity contribution is 7.87. The molecule has 0 fully saturated rings. The summed E-state index contributed by atoms with van der Waals surface area (Å²) in [6.07, 6.45) is 0. The first-order valence-electron chi connectivity index (χ1n) is 10.5. The minimum atomic E-state index is -4.03. The molecule has 34 heavy (non-hydrogen) atoms. The number of benzene rings is 3. The van der Waals surface area contributed by atoms with E-state index >= 15 is 0 Å². The first-order chi connectivity index (χ1) is 16.3. The zero-order valence-corrected chi connectivity index (χ0v) is 19.3. The van der Waals surface area contributed by atoms with Crippen molar-refractivity contribution in [3.8, 4) is 5.75 Å². The number of esters is 2. The number of carbonyl (C=O) groups excluding carboxylic acids is 2. The average molecular weight is 484 g/mol. The van der Waals surface area contributed by atoms with E-state index in [1.165, 1.54) is 36.4 Å². The average Bonchev–Trinajstić information content (AvgIpc) is 2.85. The van der Waals surface area contributed by atoms with Crippen molar-refractivity contribution in [1.29, 1.82) is 0 Å². The predicted molar refractivity (Wildman–Crippen MR) is 124 cm³/mol. The van der Waals surface area contributed by atoms with E-state index in [1.807, 2.05) is 18.2 Å². The number of hydrogen-bond donors (Lipinski definition) is 1. The molecule has 0 aliphatic heterocycles. The van der Waals surface area contributed by atoms with Crippen LogP contribution < -0.4 is 9.92 Å². The molecule has 3 rings (SSSR count). The molecule has 0 amide bonds. The molecule has 3 aromatic carbocycles. The molecule has 9 heteroatoms. The monoisotopic (exact) mass is 483 g/mol. The molecule has 2 unspecified atom stereocenters. The molecule has 0 aromatic heterocycles. The van der Waals surface area contributed by atoms with Crippen molar-refractivity contribution < 1.29 is 31.7 Å². The molecule has 2 atom stereocenters. The van der Waals surface area contributed by atoms with Crippen LogP contribution in [0.15, 0.2) is 89.8 Å². The van der Waals surface area contributed by atoms with Crippen molar-refractivity contribution in [2.24, 2.45) is 5.73 Å². The van der Waals surface area contributed by atoms with Crippen LogP contribution >= 0.6 is 0 Å². The van der Waals surface area contributed by atoms with E-state index in [2.05, 4.69) is 0 Å². The largest absolute Gasteiger partial charge is 0.465 e. The minimum Gasteiger partial charge on any atom is -0.465 e. The predicted octanol–water partition coefficient (Wildman–Crippen LogP) is 3.17. The normalized spacial score (nSPS) is 12.9. The smallest absolute Gasteiger partial charge is 0.339 e. The van der Waals surface area contributed by atoms with Gasteiger partial charge in [0.25, 0.3) is 0 Å². The Hall–Kier alpha value is -3.69. The maximum Gasteiger partial charge on any atom is 0.339 e. The lowest BCUT2D eigenvalue weighted by atomic mass is 9.92. The molecule has 2 N–H and O–H groups in total. The Bertz CT molecular complexity index is 1200. The topological polar surface area (TPSA) is 122 Å². The van der Waals surface area contributed by atoms with Crippen LogP contribution in [-0.4, -0.2) is 33.0 Å². The summed E-state index contributed by atoms with van der Waals surface area (Å²) in [5, 5.41) is 0. The standard InChI is InChI=1S/C25H25NO7S/c1-2-31-24(27)22(23(26)25(28)32-17-18-9-5-3-6-10-18)19-13-15-20(16-14-19)33-34(29,30)21-11-7-4-8-12-21/h3-16,22-23H,2,17,26H2,1H3. The minimum absolute atomic E-state index is 0.00617. The Morgan fingerprint density at radius 1 is 0.824 bits per heavy atom. The lowest BCUT2D eigenvalue weighted by molar-refractivity contribution is -0.154. The Balaban J connectivity index is 1.76. The van der Waals surface area contributed by atoms with Gasteiger partial charge < -0.3 is 19.4 Å². The van der Waals surface area contributed by atoms with E-state index in [1.54, 1.807) is 37.3 Å². The molecule has 0 saturated heterocycles. The molecule has 0 radical (unpaired) electrons. The SMILES string of the molecule is CCOC(=O)C(c1ccc(OS(=O)(=O)c2ccccc2)cc1)C(N)C(=O)OCc1ccccc1. The highest BCUT2D eigenvalue weighted by Gasteiger charge is 2.35. The fraction of sp³-hybridized carbons (Fsp3) is 0.200.